The van der Waals surface area contributed by atoms with Crippen molar-refractivity contribution >= 4 is 17.7 Å². The van der Waals surface area contributed by atoms with Crippen molar-refractivity contribution in [2.75, 3.05) is 37.8 Å². The minimum atomic E-state index is -0.673. The molecule has 2 unspecified atom stereocenters. The maximum Gasteiger partial charge on any atom is 0.304 e. The number of ether oxygens (including phenoxy) is 1. The van der Waals surface area contributed by atoms with Gasteiger partial charge in [0.2, 0.25) is 0 Å². The minimum Gasteiger partial charge on any atom is -0.481 e. The summed E-state index contributed by atoms with van der Waals surface area (Å²) in [5.41, 5.74) is 0. The van der Waals surface area contributed by atoms with Crippen molar-refractivity contribution in [2.24, 2.45) is 5.92 Å². The molecule has 0 radical (unpaired) electrons. The Hall–Kier alpha value is -0.260. The van der Waals surface area contributed by atoms with E-state index in [1.54, 1.807) is 0 Å². The van der Waals surface area contributed by atoms with Crippen molar-refractivity contribution in [1.82, 2.24) is 4.90 Å². The standard InChI is InChI=1S/C11H19NO3S/c13-11(14)7-10(9-1-6-16-8-9)12-2-4-15-5-3-12/h9-10H,1-8H2,(H,13,14). The number of hydrogen-bond donors (Lipinski definition) is 1. The number of carboxylic acid groups (broad SMARTS) is 1. The summed E-state index contributed by atoms with van der Waals surface area (Å²) < 4.78 is 5.32. The Morgan fingerprint density at radius 3 is 2.81 bits per heavy atom. The highest BCUT2D eigenvalue weighted by atomic mass is 32.2. The molecule has 4 nitrogen and oxygen atoms in total. The van der Waals surface area contributed by atoms with Gasteiger partial charge in [0.05, 0.1) is 19.6 Å². The molecule has 0 spiro atoms. The van der Waals surface area contributed by atoms with Gasteiger partial charge in [0.25, 0.3) is 0 Å². The van der Waals surface area contributed by atoms with Crippen molar-refractivity contribution in [3.63, 3.8) is 0 Å². The highest BCUT2D eigenvalue weighted by Gasteiger charge is 2.32. The maximum atomic E-state index is 10.9. The van der Waals surface area contributed by atoms with E-state index < -0.39 is 5.97 Å². The van der Waals surface area contributed by atoms with Gasteiger partial charge in [-0.3, -0.25) is 9.69 Å². The molecule has 2 saturated heterocycles. The molecule has 92 valence electrons. The molecule has 0 saturated carbocycles. The Kier molecular flexibility index (Phi) is 4.49. The van der Waals surface area contributed by atoms with Crippen LogP contribution in [0.2, 0.25) is 0 Å². The van der Waals surface area contributed by atoms with Crippen LogP contribution in [-0.2, 0) is 9.53 Å². The van der Waals surface area contributed by atoms with E-state index in [-0.39, 0.29) is 12.5 Å². The summed E-state index contributed by atoms with van der Waals surface area (Å²) in [6, 6.07) is 0.219. The Labute approximate surface area is 100 Å². The van der Waals surface area contributed by atoms with Crippen LogP contribution in [-0.4, -0.2) is 59.8 Å². The van der Waals surface area contributed by atoms with E-state index in [0.29, 0.717) is 5.92 Å². The molecule has 0 amide bonds. The second-order valence-electron chi connectivity index (χ2n) is 4.44. The lowest BCUT2D eigenvalue weighted by atomic mass is 9.94. The van der Waals surface area contributed by atoms with Gasteiger partial charge in [-0.15, -0.1) is 0 Å². The molecule has 0 aliphatic carbocycles. The average molecular weight is 245 g/mol. The van der Waals surface area contributed by atoms with Crippen LogP contribution in [0.1, 0.15) is 12.8 Å². The third-order valence-corrected chi connectivity index (χ3v) is 4.60. The zero-order valence-corrected chi connectivity index (χ0v) is 10.2. The highest BCUT2D eigenvalue weighted by molar-refractivity contribution is 7.99. The van der Waals surface area contributed by atoms with Crippen molar-refractivity contribution in [1.29, 1.82) is 0 Å². The zero-order chi connectivity index (χ0) is 11.4. The summed E-state index contributed by atoms with van der Waals surface area (Å²) in [5, 5.41) is 9.01. The SMILES string of the molecule is O=C(O)CC(C1CCSC1)N1CCOCC1. The number of rotatable bonds is 4. The van der Waals surface area contributed by atoms with Gasteiger partial charge in [-0.2, -0.15) is 11.8 Å². The van der Waals surface area contributed by atoms with Crippen LogP contribution >= 0.6 is 11.8 Å². The van der Waals surface area contributed by atoms with Crippen molar-refractivity contribution < 1.29 is 14.6 Å². The van der Waals surface area contributed by atoms with Gasteiger partial charge in [-0.25, -0.2) is 0 Å². The summed E-state index contributed by atoms with van der Waals surface area (Å²) >= 11 is 1.95. The van der Waals surface area contributed by atoms with E-state index >= 15 is 0 Å². The van der Waals surface area contributed by atoms with Crippen LogP contribution in [0.4, 0.5) is 0 Å². The number of thioether (sulfide) groups is 1. The van der Waals surface area contributed by atoms with Crippen molar-refractivity contribution in [2.45, 2.75) is 18.9 Å². The van der Waals surface area contributed by atoms with Gasteiger partial charge in [-0.1, -0.05) is 0 Å². The molecule has 2 fully saturated rings. The molecule has 2 rings (SSSR count). The molecule has 2 aliphatic heterocycles. The van der Waals surface area contributed by atoms with Crippen LogP contribution < -0.4 is 0 Å². The van der Waals surface area contributed by atoms with Gasteiger partial charge in [-0.05, 0) is 23.8 Å². The molecule has 2 aliphatic rings. The van der Waals surface area contributed by atoms with E-state index in [4.69, 9.17) is 9.84 Å². The first-order chi connectivity index (χ1) is 7.77. The first-order valence-corrected chi connectivity index (χ1v) is 7.04. The first-order valence-electron chi connectivity index (χ1n) is 5.88. The van der Waals surface area contributed by atoms with Crippen LogP contribution in [0.3, 0.4) is 0 Å². The second kappa shape index (κ2) is 5.89. The summed E-state index contributed by atoms with van der Waals surface area (Å²) in [5.74, 6) is 2.19. The lowest BCUT2D eigenvalue weighted by Gasteiger charge is -2.36. The first kappa shape index (κ1) is 12.2. The second-order valence-corrected chi connectivity index (χ2v) is 5.59. The molecule has 0 aromatic carbocycles. The molecule has 2 atom stereocenters. The van der Waals surface area contributed by atoms with Gasteiger partial charge < -0.3 is 9.84 Å². The van der Waals surface area contributed by atoms with Crippen LogP contribution in [0.15, 0.2) is 0 Å². The molecule has 0 aromatic rings. The summed E-state index contributed by atoms with van der Waals surface area (Å²) in [7, 11) is 0. The van der Waals surface area contributed by atoms with E-state index in [2.05, 4.69) is 4.90 Å². The van der Waals surface area contributed by atoms with Crippen LogP contribution in [0.25, 0.3) is 0 Å². The predicted molar refractivity (Wildman–Crippen MR) is 63.9 cm³/mol. The minimum absolute atomic E-state index is 0.219. The van der Waals surface area contributed by atoms with Gasteiger partial charge in [0.15, 0.2) is 0 Å². The largest absolute Gasteiger partial charge is 0.481 e. The predicted octanol–water partition coefficient (Wildman–Crippen LogP) is 0.915. The topological polar surface area (TPSA) is 49.8 Å². The highest BCUT2D eigenvalue weighted by Crippen LogP contribution is 2.30. The van der Waals surface area contributed by atoms with Crippen molar-refractivity contribution in [3.8, 4) is 0 Å². The van der Waals surface area contributed by atoms with Crippen LogP contribution in [0, 0.1) is 5.92 Å². The molecular formula is C11H19NO3S. The zero-order valence-electron chi connectivity index (χ0n) is 9.43. The van der Waals surface area contributed by atoms with Gasteiger partial charge in [0.1, 0.15) is 0 Å². The normalized spacial score (nSPS) is 29.1. The Morgan fingerprint density at radius 1 is 1.50 bits per heavy atom. The number of aliphatic carboxylic acids is 1. The van der Waals surface area contributed by atoms with E-state index in [1.807, 2.05) is 11.8 Å². The molecule has 16 heavy (non-hydrogen) atoms. The lowest BCUT2D eigenvalue weighted by Crippen LogP contribution is -2.48. The Morgan fingerprint density at radius 2 is 2.25 bits per heavy atom. The molecule has 0 bridgehead atoms. The van der Waals surface area contributed by atoms with Crippen molar-refractivity contribution in [3.05, 3.63) is 0 Å². The molecule has 1 N–H and O–H groups in total. The lowest BCUT2D eigenvalue weighted by molar-refractivity contribution is -0.139. The van der Waals surface area contributed by atoms with E-state index in [0.717, 1.165) is 32.1 Å². The average Bonchev–Trinajstić information content (AvgIpc) is 2.80. The quantitative estimate of drug-likeness (QED) is 0.798. The fourth-order valence-corrected chi connectivity index (χ4v) is 3.87. The number of carbonyl (C=O) groups is 1. The summed E-state index contributed by atoms with van der Waals surface area (Å²) in [4.78, 5) is 13.3. The number of hydrogen-bond acceptors (Lipinski definition) is 4. The smallest absolute Gasteiger partial charge is 0.304 e. The number of carboxylic acids is 1. The Balaban J connectivity index is 1.96. The van der Waals surface area contributed by atoms with E-state index in [1.165, 1.54) is 12.2 Å². The molecule has 2 heterocycles. The molecule has 0 aromatic heterocycles. The van der Waals surface area contributed by atoms with Crippen LogP contribution in [0.5, 0.6) is 0 Å². The van der Waals surface area contributed by atoms with Gasteiger partial charge in [0, 0.05) is 19.1 Å². The van der Waals surface area contributed by atoms with E-state index in [9.17, 15) is 4.79 Å². The van der Waals surface area contributed by atoms with Gasteiger partial charge >= 0.3 is 5.97 Å². The Bertz CT molecular complexity index is 237. The summed E-state index contributed by atoms with van der Waals surface area (Å²) in [6.07, 6.45) is 1.45. The maximum absolute atomic E-state index is 10.9. The fourth-order valence-electron chi connectivity index (χ4n) is 2.54. The monoisotopic (exact) mass is 245 g/mol. The third-order valence-electron chi connectivity index (χ3n) is 3.41. The number of nitrogens with zero attached hydrogens (tertiary/aromatic N) is 1. The third kappa shape index (κ3) is 3.12. The summed E-state index contributed by atoms with van der Waals surface area (Å²) in [6.45, 7) is 3.27. The number of morpholine rings is 1. The fraction of sp³-hybridized carbons (Fsp3) is 0.909. The molecule has 5 heteroatoms. The molecular weight excluding hydrogens is 226 g/mol.